The van der Waals surface area contributed by atoms with Gasteiger partial charge in [-0.25, -0.2) is 0 Å². The van der Waals surface area contributed by atoms with Crippen LogP contribution >= 0.6 is 58.4 Å². The highest BCUT2D eigenvalue weighted by Crippen LogP contribution is 2.52. The number of carboxylic acids is 2. The number of unbranched alkanes of at least 4 members (excludes halogenated alkanes) is 2. The van der Waals surface area contributed by atoms with E-state index in [1.54, 1.807) is 17.8 Å². The fraction of sp³-hybridized carbons (Fsp3) is 0.368. The minimum Gasteiger partial charge on any atom is -0.481 e. The number of thioether (sulfide) groups is 2. The van der Waals surface area contributed by atoms with Gasteiger partial charge in [-0.2, -0.15) is 0 Å². The van der Waals surface area contributed by atoms with Gasteiger partial charge < -0.3 is 15.1 Å². The van der Waals surface area contributed by atoms with Crippen LogP contribution in [0.4, 0.5) is 11.4 Å². The van der Waals surface area contributed by atoms with Gasteiger partial charge in [-0.05, 0) is 92.5 Å². The maximum atomic E-state index is 14.2. The van der Waals surface area contributed by atoms with Gasteiger partial charge in [0.15, 0.2) is 0 Å². The van der Waals surface area contributed by atoms with Gasteiger partial charge in [-0.1, -0.05) is 42.9 Å². The Morgan fingerprint density at radius 3 is 2.41 bits per heavy atom. The van der Waals surface area contributed by atoms with Crippen LogP contribution in [-0.4, -0.2) is 65.3 Å². The minimum absolute atomic E-state index is 0.00782. The second-order valence-corrected chi connectivity index (χ2v) is 17.9. The van der Waals surface area contributed by atoms with Crippen LogP contribution in [0.15, 0.2) is 56.9 Å². The zero-order chi connectivity index (χ0) is 38.3. The molecule has 11 nitrogen and oxygen atoms in total. The Bertz CT molecular complexity index is 2520. The number of benzene rings is 2. The molecule has 2 fully saturated rings. The van der Waals surface area contributed by atoms with E-state index in [0.29, 0.717) is 56.2 Å². The maximum absolute atomic E-state index is 14.2. The van der Waals surface area contributed by atoms with E-state index in [1.807, 2.05) is 13.0 Å². The Kier molecular flexibility index (Phi) is 11.4. The van der Waals surface area contributed by atoms with Gasteiger partial charge in [-0.15, -0.1) is 34.4 Å². The van der Waals surface area contributed by atoms with Gasteiger partial charge in [-0.3, -0.25) is 38.0 Å². The van der Waals surface area contributed by atoms with Crippen LogP contribution in [0.2, 0.25) is 0 Å². The molecule has 1 saturated carbocycles. The van der Waals surface area contributed by atoms with E-state index in [1.165, 1.54) is 19.9 Å². The van der Waals surface area contributed by atoms with Gasteiger partial charge in [0.1, 0.15) is 29.6 Å². The molecule has 0 bridgehead atoms. The average molecular weight is 823 g/mol. The molecule has 2 aromatic carbocycles. The summed E-state index contributed by atoms with van der Waals surface area (Å²) in [5, 5.41) is 18.9. The van der Waals surface area contributed by atoms with Crippen molar-refractivity contribution >= 4 is 103 Å². The number of hydrogen-bond donors (Lipinski definition) is 2. The smallest absolute Gasteiger partial charge is 0.323 e. The number of thiazole rings is 2. The lowest BCUT2D eigenvalue weighted by atomic mass is 9.96. The molecule has 282 valence electrons. The number of hydrogen-bond acceptors (Lipinski definition) is 11. The largest absolute Gasteiger partial charge is 0.481 e. The third-order valence-electron chi connectivity index (χ3n) is 10.1. The number of aromatic nitrogens is 2. The quantitative estimate of drug-likeness (QED) is 0.107. The number of rotatable bonds is 12. The van der Waals surface area contributed by atoms with Crippen molar-refractivity contribution in [2.45, 2.75) is 81.8 Å². The van der Waals surface area contributed by atoms with Crippen molar-refractivity contribution in [1.29, 1.82) is 0 Å². The summed E-state index contributed by atoms with van der Waals surface area (Å²) in [6.07, 6.45) is 8.60. The first-order chi connectivity index (χ1) is 26.0. The van der Waals surface area contributed by atoms with Crippen LogP contribution in [0, 0.1) is 9.20 Å². The molecule has 0 spiro atoms. The molecule has 2 unspecified atom stereocenters. The number of nitrogens with zero attached hydrogens (tertiary/aromatic N) is 4. The zero-order valence-corrected chi connectivity index (χ0v) is 33.7. The fourth-order valence-electron chi connectivity index (χ4n) is 7.60. The van der Waals surface area contributed by atoms with Gasteiger partial charge in [0.05, 0.1) is 4.53 Å². The highest BCUT2D eigenvalue weighted by molar-refractivity contribution is 8.30. The zero-order valence-electron chi connectivity index (χ0n) is 29.6. The van der Waals surface area contributed by atoms with Crippen molar-refractivity contribution in [3.8, 4) is 0 Å². The number of carboxylic acid groups (broad SMARTS) is 2. The second-order valence-electron chi connectivity index (χ2n) is 13.3. The van der Waals surface area contributed by atoms with Crippen LogP contribution < -0.4 is 25.2 Å². The third-order valence-corrected chi connectivity index (χ3v) is 14.8. The molecule has 2 N–H and O–H groups in total. The Hall–Kier alpha value is -3.96. The average Bonchev–Trinajstić information content (AvgIpc) is 3.94. The number of amides is 1. The first-order valence-electron chi connectivity index (χ1n) is 17.7. The molecule has 2 aliphatic heterocycles. The van der Waals surface area contributed by atoms with Crippen molar-refractivity contribution < 1.29 is 24.6 Å². The SMILES string of the molecule is CCN1C(=O)/C(=c2\s/c(=c3/s/c(=C\c4ccc5c(c4)C4CCCC4N5c4ccc(SC)cc4)c(=O)n3CC(=O)O)c(=O)n2CCCCCC(=O)O)SC1=S. The summed E-state index contributed by atoms with van der Waals surface area (Å²) < 4.78 is 4.03. The molecule has 1 aliphatic carbocycles. The number of carbonyl (C=O) groups is 3. The summed E-state index contributed by atoms with van der Waals surface area (Å²) >= 11 is 10.4. The van der Waals surface area contributed by atoms with Crippen molar-refractivity contribution in [1.82, 2.24) is 14.0 Å². The summed E-state index contributed by atoms with van der Waals surface area (Å²) in [4.78, 5) is 70.2. The molecule has 16 heteroatoms. The molecule has 3 aliphatic rings. The normalized spacial score (nSPS) is 19.9. The highest BCUT2D eigenvalue weighted by Gasteiger charge is 2.42. The van der Waals surface area contributed by atoms with E-state index in [4.69, 9.17) is 17.3 Å². The molecule has 2 atom stereocenters. The van der Waals surface area contributed by atoms with Gasteiger partial charge in [0, 0.05) is 47.7 Å². The topological polar surface area (TPSA) is 142 Å². The van der Waals surface area contributed by atoms with Crippen LogP contribution in [0.25, 0.3) is 11.0 Å². The van der Waals surface area contributed by atoms with Crippen LogP contribution in [0.3, 0.4) is 0 Å². The first-order valence-corrected chi connectivity index (χ1v) is 21.8. The lowest BCUT2D eigenvalue weighted by molar-refractivity contribution is -0.138. The summed E-state index contributed by atoms with van der Waals surface area (Å²) in [5.41, 5.74) is 3.39. The highest BCUT2D eigenvalue weighted by atomic mass is 32.2. The Morgan fingerprint density at radius 1 is 0.944 bits per heavy atom. The number of aliphatic carboxylic acids is 2. The molecule has 7 rings (SSSR count). The number of carbonyl (C=O) groups excluding carboxylic acids is 1. The van der Waals surface area contributed by atoms with Crippen molar-refractivity contribution in [2.24, 2.45) is 0 Å². The number of anilines is 2. The van der Waals surface area contributed by atoms with Crippen molar-refractivity contribution in [3.05, 3.63) is 92.7 Å². The lowest BCUT2D eigenvalue weighted by Gasteiger charge is -2.27. The summed E-state index contributed by atoms with van der Waals surface area (Å²) in [5.74, 6) is -2.09. The summed E-state index contributed by atoms with van der Waals surface area (Å²) in [7, 11) is 0. The molecule has 54 heavy (non-hydrogen) atoms. The van der Waals surface area contributed by atoms with Gasteiger partial charge >= 0.3 is 11.9 Å². The van der Waals surface area contributed by atoms with E-state index in [0.717, 1.165) is 75.2 Å². The molecule has 0 radical (unpaired) electrons. The molecule has 4 heterocycles. The monoisotopic (exact) mass is 822 g/mol. The predicted molar refractivity (Wildman–Crippen MR) is 220 cm³/mol. The predicted octanol–water partition coefficient (Wildman–Crippen LogP) is 5.48. The molecular weight excluding hydrogens is 785 g/mol. The van der Waals surface area contributed by atoms with Crippen LogP contribution in [0.1, 0.15) is 68.9 Å². The Balaban J connectivity index is 1.37. The van der Waals surface area contributed by atoms with E-state index in [-0.39, 0.29) is 28.1 Å². The van der Waals surface area contributed by atoms with Gasteiger partial charge in [0.2, 0.25) is 0 Å². The minimum atomic E-state index is -1.23. The standard InChI is InChI=1S/C38H38N4O7S5/c1-3-39-34(48)32(54-38(39)50)36-40(17-6-4-5-10-29(43)44)35(49)31(53-36)37-41(20-30(45)46)33(47)28(52-37)19-21-11-16-27-25(18-21)24-8-7-9-26(24)42(27)22-12-14-23(51-2)15-13-22/h11-16,18-19,24,26H,3-10,17,20H2,1-2H3,(H,43,44)(H,45,46)/b28-19-,36-32+,37-31+. The lowest BCUT2D eigenvalue weighted by Crippen LogP contribution is -2.31. The Morgan fingerprint density at radius 2 is 1.72 bits per heavy atom. The Labute approximate surface area is 331 Å². The molecule has 2 aromatic heterocycles. The van der Waals surface area contributed by atoms with Crippen molar-refractivity contribution in [2.75, 3.05) is 17.7 Å². The molecule has 1 saturated heterocycles. The third kappa shape index (κ3) is 7.26. The van der Waals surface area contributed by atoms with E-state index < -0.39 is 29.6 Å². The number of fused-ring (bicyclic) bond motifs is 3. The second kappa shape index (κ2) is 16.0. The van der Waals surface area contributed by atoms with Crippen LogP contribution in [0.5, 0.6) is 0 Å². The van der Waals surface area contributed by atoms with E-state index >= 15 is 0 Å². The number of thiocarbonyl (C=S) groups is 1. The van der Waals surface area contributed by atoms with E-state index in [9.17, 15) is 29.1 Å². The first kappa shape index (κ1) is 38.3. The van der Waals surface area contributed by atoms with Gasteiger partial charge in [0.25, 0.3) is 17.0 Å². The fourth-order valence-corrected chi connectivity index (χ4v) is 12.0. The molecule has 1 amide bonds. The molecule has 4 aromatic rings. The van der Waals surface area contributed by atoms with E-state index in [2.05, 4.69) is 47.6 Å². The summed E-state index contributed by atoms with van der Waals surface area (Å²) in [6, 6.07) is 15.2. The van der Waals surface area contributed by atoms with Crippen LogP contribution in [-0.2, 0) is 27.5 Å². The molecular formula is C38H38N4O7S5. The maximum Gasteiger partial charge on any atom is 0.323 e. The summed E-state index contributed by atoms with van der Waals surface area (Å²) in [6.45, 7) is 1.74. The van der Waals surface area contributed by atoms with Crippen molar-refractivity contribution in [3.63, 3.8) is 0 Å².